The van der Waals surface area contributed by atoms with Crippen LogP contribution in [0.3, 0.4) is 0 Å². The summed E-state index contributed by atoms with van der Waals surface area (Å²) in [5, 5.41) is 6.11. The van der Waals surface area contributed by atoms with Crippen molar-refractivity contribution in [1.82, 2.24) is 5.32 Å². The lowest BCUT2D eigenvalue weighted by Crippen LogP contribution is -2.15. The van der Waals surface area contributed by atoms with Crippen LogP contribution in [0, 0.1) is 5.92 Å². The number of carbonyl (C=O) groups excluding carboxylic acids is 2. The Balaban J connectivity index is 0.00000220. The summed E-state index contributed by atoms with van der Waals surface area (Å²) in [6.45, 7) is 2.05. The third-order valence-electron chi connectivity index (χ3n) is 3.51. The van der Waals surface area contributed by atoms with Crippen LogP contribution < -0.4 is 10.6 Å². The Morgan fingerprint density at radius 1 is 1.43 bits per heavy atom. The van der Waals surface area contributed by atoms with Crippen molar-refractivity contribution in [3.63, 3.8) is 0 Å². The molecule has 1 saturated heterocycles. The summed E-state index contributed by atoms with van der Waals surface area (Å²) in [6.07, 6.45) is 2.55. The second kappa shape index (κ2) is 8.64. The molecule has 1 aliphatic rings. The number of esters is 1. The van der Waals surface area contributed by atoms with E-state index in [9.17, 15) is 9.59 Å². The molecule has 5 nitrogen and oxygen atoms in total. The molecule has 1 heterocycles. The number of amides is 1. The Morgan fingerprint density at radius 2 is 2.24 bits per heavy atom. The molecule has 1 fully saturated rings. The van der Waals surface area contributed by atoms with Gasteiger partial charge in [-0.15, -0.1) is 12.4 Å². The monoisotopic (exact) mass is 312 g/mol. The summed E-state index contributed by atoms with van der Waals surface area (Å²) >= 11 is 0. The van der Waals surface area contributed by atoms with Gasteiger partial charge in [-0.1, -0.05) is 6.07 Å². The quantitative estimate of drug-likeness (QED) is 0.818. The van der Waals surface area contributed by atoms with E-state index in [0.717, 1.165) is 25.9 Å². The van der Waals surface area contributed by atoms with Crippen LogP contribution in [0.25, 0.3) is 0 Å². The molecule has 0 aliphatic carbocycles. The first-order valence-electron chi connectivity index (χ1n) is 6.88. The zero-order valence-corrected chi connectivity index (χ0v) is 12.9. The molecule has 2 rings (SSSR count). The Hall–Kier alpha value is -1.59. The maximum absolute atomic E-state index is 11.9. The van der Waals surface area contributed by atoms with Gasteiger partial charge in [0.1, 0.15) is 0 Å². The first-order valence-corrected chi connectivity index (χ1v) is 6.88. The average Bonchev–Trinajstić information content (AvgIpc) is 2.98. The van der Waals surface area contributed by atoms with Gasteiger partial charge in [-0.3, -0.25) is 4.79 Å². The van der Waals surface area contributed by atoms with Crippen molar-refractivity contribution >= 4 is 30.0 Å². The third kappa shape index (κ3) is 5.36. The maximum Gasteiger partial charge on any atom is 0.337 e. The van der Waals surface area contributed by atoms with Crippen molar-refractivity contribution in [2.45, 2.75) is 19.3 Å². The van der Waals surface area contributed by atoms with Gasteiger partial charge in [0.25, 0.3) is 0 Å². The highest BCUT2D eigenvalue weighted by atomic mass is 35.5. The average molecular weight is 313 g/mol. The smallest absolute Gasteiger partial charge is 0.337 e. The predicted molar refractivity (Wildman–Crippen MR) is 83.9 cm³/mol. The number of rotatable bonds is 5. The largest absolute Gasteiger partial charge is 0.465 e. The highest BCUT2D eigenvalue weighted by Gasteiger charge is 2.15. The van der Waals surface area contributed by atoms with Gasteiger partial charge in [-0.2, -0.15) is 0 Å². The minimum absolute atomic E-state index is 0. The molecular weight excluding hydrogens is 292 g/mol. The van der Waals surface area contributed by atoms with E-state index in [-0.39, 0.29) is 18.3 Å². The lowest BCUT2D eigenvalue weighted by Gasteiger charge is -2.09. The fraction of sp³-hybridized carbons (Fsp3) is 0.467. The molecule has 1 unspecified atom stereocenters. The van der Waals surface area contributed by atoms with Gasteiger partial charge >= 0.3 is 5.97 Å². The molecule has 0 bridgehead atoms. The minimum atomic E-state index is -0.405. The molecule has 0 spiro atoms. The summed E-state index contributed by atoms with van der Waals surface area (Å²) in [5.74, 6) is 0.180. The van der Waals surface area contributed by atoms with Crippen molar-refractivity contribution in [1.29, 1.82) is 0 Å². The summed E-state index contributed by atoms with van der Waals surface area (Å²) in [6, 6.07) is 6.77. The summed E-state index contributed by atoms with van der Waals surface area (Å²) in [7, 11) is 1.34. The van der Waals surface area contributed by atoms with Gasteiger partial charge in [0.15, 0.2) is 0 Å². The van der Waals surface area contributed by atoms with E-state index in [1.807, 2.05) is 0 Å². The number of hydrogen-bond acceptors (Lipinski definition) is 4. The Morgan fingerprint density at radius 3 is 2.90 bits per heavy atom. The predicted octanol–water partition coefficient (Wildman–Crippen LogP) is 2.22. The molecule has 1 aromatic rings. The fourth-order valence-corrected chi connectivity index (χ4v) is 2.36. The standard InChI is InChI=1S/C15H20N2O3.ClH/c1-20-15(19)12-3-2-4-13(9-12)17-14(18)6-5-11-7-8-16-10-11;/h2-4,9,11,16H,5-8,10H2,1H3,(H,17,18);1H. The van der Waals surface area contributed by atoms with E-state index < -0.39 is 5.97 Å². The normalized spacial score (nSPS) is 16.9. The Labute approximate surface area is 130 Å². The molecule has 21 heavy (non-hydrogen) atoms. The van der Waals surface area contributed by atoms with Crippen LogP contribution in [0.1, 0.15) is 29.6 Å². The van der Waals surface area contributed by atoms with Crippen molar-refractivity contribution < 1.29 is 14.3 Å². The molecule has 1 aromatic carbocycles. The molecular formula is C15H21ClN2O3. The number of methoxy groups -OCH3 is 1. The molecule has 0 radical (unpaired) electrons. The number of nitrogens with one attached hydrogen (secondary N) is 2. The van der Waals surface area contributed by atoms with Gasteiger partial charge < -0.3 is 15.4 Å². The second-order valence-electron chi connectivity index (χ2n) is 5.02. The molecule has 0 saturated carbocycles. The summed E-state index contributed by atoms with van der Waals surface area (Å²) in [5.41, 5.74) is 1.06. The topological polar surface area (TPSA) is 67.4 Å². The van der Waals surface area contributed by atoms with E-state index in [4.69, 9.17) is 0 Å². The number of hydrogen-bond donors (Lipinski definition) is 2. The van der Waals surface area contributed by atoms with Crippen LogP contribution >= 0.6 is 12.4 Å². The van der Waals surface area contributed by atoms with Crippen molar-refractivity contribution in [2.75, 3.05) is 25.5 Å². The number of benzene rings is 1. The zero-order valence-electron chi connectivity index (χ0n) is 12.1. The summed E-state index contributed by atoms with van der Waals surface area (Å²) < 4.78 is 4.65. The molecule has 116 valence electrons. The first-order chi connectivity index (χ1) is 9.69. The van der Waals surface area contributed by atoms with E-state index in [1.54, 1.807) is 24.3 Å². The van der Waals surface area contributed by atoms with Gasteiger partial charge in [0, 0.05) is 12.1 Å². The van der Waals surface area contributed by atoms with Gasteiger partial charge in [0.05, 0.1) is 12.7 Å². The number of ether oxygens (including phenoxy) is 1. The zero-order chi connectivity index (χ0) is 14.4. The molecule has 1 aliphatic heterocycles. The minimum Gasteiger partial charge on any atom is -0.465 e. The van der Waals surface area contributed by atoms with Crippen molar-refractivity contribution in [3.05, 3.63) is 29.8 Å². The van der Waals surface area contributed by atoms with Crippen LogP contribution in [0.15, 0.2) is 24.3 Å². The van der Waals surface area contributed by atoms with Crippen molar-refractivity contribution in [3.8, 4) is 0 Å². The molecule has 0 aromatic heterocycles. The SMILES string of the molecule is COC(=O)c1cccc(NC(=O)CCC2CCNC2)c1.Cl. The van der Waals surface area contributed by atoms with Gasteiger partial charge in [0.2, 0.25) is 5.91 Å². The van der Waals surface area contributed by atoms with Crippen LogP contribution in [0.2, 0.25) is 0 Å². The maximum atomic E-state index is 11.9. The van der Waals surface area contributed by atoms with Crippen LogP contribution in [-0.2, 0) is 9.53 Å². The Bertz CT molecular complexity index is 488. The van der Waals surface area contributed by atoms with Crippen LogP contribution in [0.5, 0.6) is 0 Å². The first kappa shape index (κ1) is 17.5. The van der Waals surface area contributed by atoms with E-state index in [1.165, 1.54) is 7.11 Å². The highest BCUT2D eigenvalue weighted by Crippen LogP contribution is 2.16. The van der Waals surface area contributed by atoms with Crippen LogP contribution in [0.4, 0.5) is 5.69 Å². The highest BCUT2D eigenvalue weighted by molar-refractivity contribution is 5.94. The second-order valence-corrected chi connectivity index (χ2v) is 5.02. The van der Waals surface area contributed by atoms with Gasteiger partial charge in [-0.25, -0.2) is 4.79 Å². The van der Waals surface area contributed by atoms with Crippen molar-refractivity contribution in [2.24, 2.45) is 5.92 Å². The summed E-state index contributed by atoms with van der Waals surface area (Å²) in [4.78, 5) is 23.3. The van der Waals surface area contributed by atoms with E-state index in [0.29, 0.717) is 23.6 Å². The molecule has 1 atom stereocenters. The number of carbonyl (C=O) groups is 2. The molecule has 1 amide bonds. The fourth-order valence-electron chi connectivity index (χ4n) is 2.36. The lowest BCUT2D eigenvalue weighted by atomic mass is 10.0. The number of anilines is 1. The van der Waals surface area contributed by atoms with E-state index >= 15 is 0 Å². The van der Waals surface area contributed by atoms with Crippen LogP contribution in [-0.4, -0.2) is 32.1 Å². The van der Waals surface area contributed by atoms with E-state index in [2.05, 4.69) is 15.4 Å². The number of halogens is 1. The molecule has 2 N–H and O–H groups in total. The third-order valence-corrected chi connectivity index (χ3v) is 3.51. The van der Waals surface area contributed by atoms with Gasteiger partial charge in [-0.05, 0) is 50.0 Å². The molecule has 6 heteroatoms. The lowest BCUT2D eigenvalue weighted by molar-refractivity contribution is -0.116. The Kier molecular flexibility index (Phi) is 7.19.